The summed E-state index contributed by atoms with van der Waals surface area (Å²) in [4.78, 5) is 13.6. The molecule has 22 heavy (non-hydrogen) atoms. The second-order valence-electron chi connectivity index (χ2n) is 4.95. The summed E-state index contributed by atoms with van der Waals surface area (Å²) in [6.45, 7) is 3.17. The van der Waals surface area contributed by atoms with E-state index in [-0.39, 0.29) is 24.9 Å². The lowest BCUT2D eigenvalue weighted by molar-refractivity contribution is -0.131. The first kappa shape index (κ1) is 17.8. The zero-order valence-corrected chi connectivity index (χ0v) is 13.5. The normalized spacial score (nSPS) is 9.91. The number of hydrogen-bond acceptors (Lipinski definition) is 4. The molecular formula is C15H21ClN4O2. The molecule has 0 bridgehead atoms. The van der Waals surface area contributed by atoms with Crippen LogP contribution in [0.3, 0.4) is 0 Å². The van der Waals surface area contributed by atoms with Crippen molar-refractivity contribution < 1.29 is 9.53 Å². The minimum Gasteiger partial charge on any atom is -0.492 e. The van der Waals surface area contributed by atoms with E-state index in [1.54, 1.807) is 18.1 Å². The smallest absolute Gasteiger partial charge is 0.244 e. The van der Waals surface area contributed by atoms with Gasteiger partial charge in [-0.15, -0.1) is 12.4 Å². The van der Waals surface area contributed by atoms with E-state index in [2.05, 4.69) is 5.10 Å². The summed E-state index contributed by atoms with van der Waals surface area (Å²) >= 11 is 0. The van der Waals surface area contributed by atoms with Gasteiger partial charge < -0.3 is 15.4 Å². The van der Waals surface area contributed by atoms with E-state index in [1.165, 1.54) is 16.4 Å². The number of carbonyl (C=O) groups is 1. The average Bonchev–Trinajstić information content (AvgIpc) is 2.86. The Morgan fingerprint density at radius 2 is 2.05 bits per heavy atom. The van der Waals surface area contributed by atoms with Gasteiger partial charge in [0, 0.05) is 13.2 Å². The van der Waals surface area contributed by atoms with Gasteiger partial charge in [-0.25, -0.2) is 0 Å². The van der Waals surface area contributed by atoms with Crippen molar-refractivity contribution in [1.82, 2.24) is 14.7 Å². The van der Waals surface area contributed by atoms with E-state index in [4.69, 9.17) is 10.5 Å². The third kappa shape index (κ3) is 5.29. The van der Waals surface area contributed by atoms with Gasteiger partial charge in [0.15, 0.2) is 0 Å². The third-order valence-corrected chi connectivity index (χ3v) is 3.09. The SMILES string of the molecule is Cc1ccc(OCCN(C)C(=O)Cn2cc(N)cn2)cc1.Cl. The Morgan fingerprint density at radius 3 is 2.64 bits per heavy atom. The lowest BCUT2D eigenvalue weighted by Gasteiger charge is -2.17. The van der Waals surface area contributed by atoms with E-state index >= 15 is 0 Å². The van der Waals surface area contributed by atoms with Crippen molar-refractivity contribution in [2.75, 3.05) is 25.9 Å². The van der Waals surface area contributed by atoms with Crippen LogP contribution < -0.4 is 10.5 Å². The second-order valence-corrected chi connectivity index (χ2v) is 4.95. The molecule has 0 aliphatic carbocycles. The number of hydrogen-bond donors (Lipinski definition) is 1. The highest BCUT2D eigenvalue weighted by Crippen LogP contribution is 2.11. The number of benzene rings is 1. The van der Waals surface area contributed by atoms with Crippen molar-refractivity contribution in [2.45, 2.75) is 13.5 Å². The molecule has 2 N–H and O–H groups in total. The zero-order chi connectivity index (χ0) is 15.2. The summed E-state index contributed by atoms with van der Waals surface area (Å²) in [6.07, 6.45) is 3.16. The van der Waals surface area contributed by atoms with E-state index in [9.17, 15) is 4.79 Å². The van der Waals surface area contributed by atoms with Gasteiger partial charge in [-0.2, -0.15) is 5.10 Å². The highest BCUT2D eigenvalue weighted by molar-refractivity contribution is 5.85. The number of nitrogens with two attached hydrogens (primary N) is 1. The maximum absolute atomic E-state index is 12.0. The van der Waals surface area contributed by atoms with Gasteiger partial charge >= 0.3 is 0 Å². The maximum atomic E-state index is 12.0. The van der Waals surface area contributed by atoms with Crippen LogP contribution in [-0.2, 0) is 11.3 Å². The zero-order valence-electron chi connectivity index (χ0n) is 12.7. The van der Waals surface area contributed by atoms with Crippen LogP contribution in [0.2, 0.25) is 0 Å². The Bertz CT molecular complexity index is 598. The number of aromatic nitrogens is 2. The van der Waals surface area contributed by atoms with Gasteiger partial charge in [-0.3, -0.25) is 9.48 Å². The van der Waals surface area contributed by atoms with Crippen LogP contribution in [0, 0.1) is 6.92 Å². The summed E-state index contributed by atoms with van der Waals surface area (Å²) < 4.78 is 7.12. The molecule has 0 atom stereocenters. The Hall–Kier alpha value is -2.21. The molecule has 0 aliphatic heterocycles. The largest absolute Gasteiger partial charge is 0.492 e. The van der Waals surface area contributed by atoms with E-state index < -0.39 is 0 Å². The van der Waals surface area contributed by atoms with Crippen LogP contribution in [0.4, 0.5) is 5.69 Å². The van der Waals surface area contributed by atoms with Crippen LogP contribution >= 0.6 is 12.4 Å². The first-order valence-corrected chi connectivity index (χ1v) is 6.76. The number of aryl methyl sites for hydroxylation is 1. The molecule has 7 heteroatoms. The number of nitrogen functional groups attached to an aromatic ring is 1. The van der Waals surface area contributed by atoms with E-state index in [0.29, 0.717) is 18.8 Å². The lowest BCUT2D eigenvalue weighted by Crippen LogP contribution is -2.33. The quantitative estimate of drug-likeness (QED) is 0.878. The molecule has 1 amide bonds. The molecule has 2 aromatic rings. The molecule has 1 aromatic heterocycles. The van der Waals surface area contributed by atoms with Crippen molar-refractivity contribution in [3.8, 4) is 5.75 Å². The second kappa shape index (κ2) is 8.29. The molecule has 0 spiro atoms. The molecule has 1 heterocycles. The Morgan fingerprint density at radius 1 is 1.36 bits per heavy atom. The highest BCUT2D eigenvalue weighted by Gasteiger charge is 2.10. The minimum absolute atomic E-state index is 0. The number of rotatable bonds is 6. The summed E-state index contributed by atoms with van der Waals surface area (Å²) in [6, 6.07) is 7.83. The fraction of sp³-hybridized carbons (Fsp3) is 0.333. The molecule has 6 nitrogen and oxygen atoms in total. The molecule has 0 fully saturated rings. The summed E-state index contributed by atoms with van der Waals surface area (Å²) in [5.74, 6) is 0.770. The number of halogens is 1. The molecular weight excluding hydrogens is 304 g/mol. The number of anilines is 1. The Labute approximate surface area is 136 Å². The lowest BCUT2D eigenvalue weighted by atomic mass is 10.2. The summed E-state index contributed by atoms with van der Waals surface area (Å²) in [7, 11) is 1.74. The minimum atomic E-state index is -0.0365. The molecule has 0 radical (unpaired) electrons. The highest BCUT2D eigenvalue weighted by atomic mass is 35.5. The van der Waals surface area contributed by atoms with Crippen LogP contribution in [0.15, 0.2) is 36.7 Å². The number of nitrogens with zero attached hydrogens (tertiary/aromatic N) is 3. The van der Waals surface area contributed by atoms with Gasteiger partial charge in [0.1, 0.15) is 18.9 Å². The Kier molecular flexibility index (Phi) is 6.72. The fourth-order valence-electron chi connectivity index (χ4n) is 1.78. The average molecular weight is 325 g/mol. The molecule has 2 rings (SSSR count). The van der Waals surface area contributed by atoms with Crippen molar-refractivity contribution >= 4 is 24.0 Å². The van der Waals surface area contributed by atoms with E-state index in [1.807, 2.05) is 31.2 Å². The van der Waals surface area contributed by atoms with Gasteiger partial charge in [0.05, 0.1) is 18.4 Å². The molecule has 1 aromatic carbocycles. The van der Waals surface area contributed by atoms with Crippen LogP contribution in [0.25, 0.3) is 0 Å². The summed E-state index contributed by atoms with van der Waals surface area (Å²) in [5.41, 5.74) is 7.29. The predicted octanol–water partition coefficient (Wildman–Crippen LogP) is 1.73. The van der Waals surface area contributed by atoms with E-state index in [0.717, 1.165) is 5.75 Å². The maximum Gasteiger partial charge on any atom is 0.244 e. The number of amides is 1. The van der Waals surface area contributed by atoms with Crippen molar-refractivity contribution in [3.05, 3.63) is 42.2 Å². The molecule has 0 unspecified atom stereocenters. The number of carbonyl (C=O) groups excluding carboxylic acids is 1. The number of ether oxygens (including phenoxy) is 1. The first-order valence-electron chi connectivity index (χ1n) is 6.76. The van der Waals surface area contributed by atoms with Crippen LogP contribution in [-0.4, -0.2) is 40.8 Å². The topological polar surface area (TPSA) is 73.4 Å². The monoisotopic (exact) mass is 324 g/mol. The van der Waals surface area contributed by atoms with Gasteiger partial charge in [-0.1, -0.05) is 17.7 Å². The standard InChI is InChI=1S/C15H20N4O2.ClH/c1-12-3-5-14(6-4-12)21-8-7-18(2)15(20)11-19-10-13(16)9-17-19;/h3-6,9-10H,7-8,11,16H2,1-2H3;1H. The van der Waals surface area contributed by atoms with Crippen molar-refractivity contribution in [3.63, 3.8) is 0 Å². The van der Waals surface area contributed by atoms with Gasteiger partial charge in [-0.05, 0) is 19.1 Å². The predicted molar refractivity (Wildman–Crippen MR) is 88.2 cm³/mol. The van der Waals surface area contributed by atoms with Gasteiger partial charge in [0.25, 0.3) is 0 Å². The van der Waals surface area contributed by atoms with Crippen LogP contribution in [0.5, 0.6) is 5.75 Å². The number of likely N-dealkylation sites (N-methyl/N-ethyl adjacent to an activating group) is 1. The molecule has 0 saturated heterocycles. The molecule has 120 valence electrons. The van der Waals surface area contributed by atoms with Gasteiger partial charge in [0.2, 0.25) is 5.91 Å². The third-order valence-electron chi connectivity index (χ3n) is 3.09. The fourth-order valence-corrected chi connectivity index (χ4v) is 1.78. The summed E-state index contributed by atoms with van der Waals surface area (Å²) in [5, 5.41) is 3.99. The molecule has 0 saturated carbocycles. The Balaban J connectivity index is 0.00000242. The van der Waals surface area contributed by atoms with Crippen LogP contribution in [0.1, 0.15) is 5.56 Å². The van der Waals surface area contributed by atoms with Crippen molar-refractivity contribution in [2.24, 2.45) is 0 Å². The first-order chi connectivity index (χ1) is 10.0. The van der Waals surface area contributed by atoms with Crippen molar-refractivity contribution in [1.29, 1.82) is 0 Å². The molecule has 0 aliphatic rings.